The molecule has 0 aromatic heterocycles. The predicted octanol–water partition coefficient (Wildman–Crippen LogP) is 7.23. The van der Waals surface area contributed by atoms with Crippen LogP contribution in [0.1, 0.15) is 89.8 Å². The molecule has 0 fully saturated rings. The molecule has 0 heterocycles. The number of allylic oxidation sites excluding steroid dienone is 1. The Balaban J connectivity index is 1.71. The van der Waals surface area contributed by atoms with Gasteiger partial charge in [-0.05, 0) is 72.9 Å². The van der Waals surface area contributed by atoms with Gasteiger partial charge in [0.05, 0.1) is 0 Å². The summed E-state index contributed by atoms with van der Waals surface area (Å²) in [5.41, 5.74) is 8.01. The molecule has 0 atom stereocenters. The van der Waals surface area contributed by atoms with Crippen LogP contribution in [0.15, 0.2) is 35.9 Å². The molecule has 0 radical (unpaired) electrons. The fraction of sp³-hybridized carbons (Fsp3) is 0.407. The standard InChI is InChI=1S/C27H28F2O2/c1-3-27(28,29)13-5-4-6-18-14-20-8-7-19(17(2)30)16-24(20)26-21(15-18)9-10-22-23(26)11-12-25(22)31/h7-10,15-16H,3-6,11-14H2,1-2H3. The summed E-state index contributed by atoms with van der Waals surface area (Å²) in [6.07, 6.45) is 5.95. The summed E-state index contributed by atoms with van der Waals surface area (Å²) in [5, 5.41) is 0. The van der Waals surface area contributed by atoms with Crippen molar-refractivity contribution in [2.75, 3.05) is 0 Å². The molecule has 0 spiro atoms. The fourth-order valence-electron chi connectivity index (χ4n) is 4.77. The molecule has 0 saturated heterocycles. The van der Waals surface area contributed by atoms with E-state index in [1.165, 1.54) is 12.5 Å². The Morgan fingerprint density at radius 1 is 1.06 bits per heavy atom. The average Bonchev–Trinajstić information content (AvgIpc) is 3.03. The first-order valence-electron chi connectivity index (χ1n) is 11.2. The van der Waals surface area contributed by atoms with Crippen LogP contribution in [0.4, 0.5) is 8.78 Å². The lowest BCUT2D eigenvalue weighted by Gasteiger charge is -2.15. The number of rotatable bonds is 7. The van der Waals surface area contributed by atoms with E-state index in [1.54, 1.807) is 6.92 Å². The van der Waals surface area contributed by atoms with Crippen molar-refractivity contribution in [2.45, 2.75) is 71.1 Å². The minimum Gasteiger partial charge on any atom is -0.295 e. The Hall–Kier alpha value is -2.62. The van der Waals surface area contributed by atoms with E-state index in [1.807, 2.05) is 30.3 Å². The number of alkyl halides is 2. The maximum absolute atomic E-state index is 13.6. The SMILES string of the molecule is CCC(F)(F)CCCCC1=Cc2ccc3c(c2-c2cc(C(C)=O)ccc2C1)CCC3=O. The highest BCUT2D eigenvalue weighted by atomic mass is 19.3. The summed E-state index contributed by atoms with van der Waals surface area (Å²) in [7, 11) is 0. The summed E-state index contributed by atoms with van der Waals surface area (Å²) in [6.45, 7) is 3.09. The van der Waals surface area contributed by atoms with E-state index in [0.29, 0.717) is 18.4 Å². The molecule has 31 heavy (non-hydrogen) atoms. The quantitative estimate of drug-likeness (QED) is 0.348. The van der Waals surface area contributed by atoms with Crippen molar-refractivity contribution in [3.8, 4) is 11.1 Å². The van der Waals surface area contributed by atoms with E-state index in [4.69, 9.17) is 0 Å². The number of hydrogen-bond acceptors (Lipinski definition) is 2. The largest absolute Gasteiger partial charge is 0.295 e. The molecule has 0 amide bonds. The van der Waals surface area contributed by atoms with Crippen molar-refractivity contribution >= 4 is 17.6 Å². The fourth-order valence-corrected chi connectivity index (χ4v) is 4.77. The second-order valence-electron chi connectivity index (χ2n) is 8.80. The minimum absolute atomic E-state index is 0.0160. The monoisotopic (exact) mass is 422 g/mol. The maximum Gasteiger partial charge on any atom is 0.247 e. The lowest BCUT2D eigenvalue weighted by Crippen LogP contribution is -2.13. The van der Waals surface area contributed by atoms with Gasteiger partial charge in [-0.25, -0.2) is 8.78 Å². The zero-order chi connectivity index (χ0) is 22.2. The summed E-state index contributed by atoms with van der Waals surface area (Å²) in [5.74, 6) is -2.39. The highest BCUT2D eigenvalue weighted by molar-refractivity contribution is 6.04. The van der Waals surface area contributed by atoms with Crippen LogP contribution in [0.5, 0.6) is 0 Å². The molecule has 162 valence electrons. The van der Waals surface area contributed by atoms with Gasteiger partial charge in [-0.3, -0.25) is 9.59 Å². The smallest absolute Gasteiger partial charge is 0.247 e. The molecule has 4 rings (SSSR count). The number of unbranched alkanes of at least 4 members (excludes halogenated alkanes) is 1. The van der Waals surface area contributed by atoms with Gasteiger partial charge in [0, 0.05) is 30.4 Å². The van der Waals surface area contributed by atoms with Gasteiger partial charge in [-0.2, -0.15) is 0 Å². The topological polar surface area (TPSA) is 34.1 Å². The first-order valence-corrected chi connectivity index (χ1v) is 11.2. The van der Waals surface area contributed by atoms with Crippen molar-refractivity contribution in [3.05, 3.63) is 63.7 Å². The molecule has 2 aliphatic rings. The van der Waals surface area contributed by atoms with E-state index >= 15 is 0 Å². The molecule has 0 N–H and O–H groups in total. The third-order valence-electron chi connectivity index (χ3n) is 6.62. The van der Waals surface area contributed by atoms with Gasteiger partial charge >= 0.3 is 0 Å². The van der Waals surface area contributed by atoms with E-state index in [0.717, 1.165) is 59.1 Å². The lowest BCUT2D eigenvalue weighted by atomic mass is 9.88. The van der Waals surface area contributed by atoms with Gasteiger partial charge in [-0.1, -0.05) is 42.8 Å². The zero-order valence-corrected chi connectivity index (χ0v) is 18.2. The second-order valence-corrected chi connectivity index (χ2v) is 8.80. The lowest BCUT2D eigenvalue weighted by molar-refractivity contribution is -0.0135. The summed E-state index contributed by atoms with van der Waals surface area (Å²) >= 11 is 0. The molecule has 0 aliphatic heterocycles. The van der Waals surface area contributed by atoms with E-state index in [-0.39, 0.29) is 24.4 Å². The Morgan fingerprint density at radius 3 is 2.61 bits per heavy atom. The molecule has 4 heteroatoms. The van der Waals surface area contributed by atoms with Crippen LogP contribution in [0.25, 0.3) is 17.2 Å². The van der Waals surface area contributed by atoms with Crippen LogP contribution >= 0.6 is 0 Å². The molecular weight excluding hydrogens is 394 g/mol. The molecule has 2 aromatic carbocycles. The minimum atomic E-state index is -2.58. The van der Waals surface area contributed by atoms with Crippen molar-refractivity contribution in [1.29, 1.82) is 0 Å². The zero-order valence-electron chi connectivity index (χ0n) is 18.2. The van der Waals surface area contributed by atoms with Gasteiger partial charge in [0.25, 0.3) is 0 Å². The first-order chi connectivity index (χ1) is 14.8. The van der Waals surface area contributed by atoms with Crippen LogP contribution in [0.2, 0.25) is 0 Å². The Morgan fingerprint density at radius 2 is 1.87 bits per heavy atom. The van der Waals surface area contributed by atoms with E-state index in [9.17, 15) is 18.4 Å². The third-order valence-corrected chi connectivity index (χ3v) is 6.62. The number of hydrogen-bond donors (Lipinski definition) is 0. The average molecular weight is 423 g/mol. The van der Waals surface area contributed by atoms with Crippen molar-refractivity contribution in [1.82, 2.24) is 0 Å². The van der Waals surface area contributed by atoms with Crippen molar-refractivity contribution in [2.24, 2.45) is 0 Å². The Bertz CT molecular complexity index is 1080. The summed E-state index contributed by atoms with van der Waals surface area (Å²) in [6, 6.07) is 9.74. The maximum atomic E-state index is 13.6. The predicted molar refractivity (Wildman–Crippen MR) is 120 cm³/mol. The molecule has 2 aromatic rings. The Labute approximate surface area is 182 Å². The number of Topliss-reactive ketones (excluding diaryl/α,β-unsaturated/α-hetero) is 2. The van der Waals surface area contributed by atoms with Crippen LogP contribution in [0, 0.1) is 0 Å². The Kier molecular flexibility index (Phi) is 5.92. The van der Waals surface area contributed by atoms with Crippen LogP contribution in [-0.2, 0) is 12.8 Å². The summed E-state index contributed by atoms with van der Waals surface area (Å²) < 4.78 is 27.1. The molecule has 0 bridgehead atoms. The number of benzene rings is 2. The molecule has 0 unspecified atom stereocenters. The number of ketones is 2. The summed E-state index contributed by atoms with van der Waals surface area (Å²) in [4.78, 5) is 24.4. The third kappa shape index (κ3) is 4.39. The number of carbonyl (C=O) groups is 2. The highest BCUT2D eigenvalue weighted by Gasteiger charge is 2.28. The normalized spacial score (nSPS) is 15.1. The van der Waals surface area contributed by atoms with E-state index < -0.39 is 5.92 Å². The number of carbonyl (C=O) groups excluding carboxylic acids is 2. The van der Waals surface area contributed by atoms with Crippen molar-refractivity contribution < 1.29 is 18.4 Å². The van der Waals surface area contributed by atoms with Gasteiger partial charge in [0.2, 0.25) is 5.92 Å². The molecule has 2 nitrogen and oxygen atoms in total. The van der Waals surface area contributed by atoms with Gasteiger partial charge < -0.3 is 0 Å². The first kappa shape index (κ1) is 21.6. The second kappa shape index (κ2) is 8.49. The van der Waals surface area contributed by atoms with Crippen LogP contribution in [-0.4, -0.2) is 17.5 Å². The number of halogens is 2. The van der Waals surface area contributed by atoms with Crippen molar-refractivity contribution in [3.63, 3.8) is 0 Å². The molecule has 2 aliphatic carbocycles. The van der Waals surface area contributed by atoms with Crippen LogP contribution < -0.4 is 0 Å². The molecule has 0 saturated carbocycles. The van der Waals surface area contributed by atoms with Gasteiger partial charge in [0.1, 0.15) is 0 Å². The van der Waals surface area contributed by atoms with E-state index in [2.05, 4.69) is 6.08 Å². The number of fused-ring (bicyclic) bond motifs is 5. The van der Waals surface area contributed by atoms with Crippen LogP contribution in [0.3, 0.4) is 0 Å². The molecular formula is C27H28F2O2. The highest BCUT2D eigenvalue weighted by Crippen LogP contribution is 2.41. The van der Waals surface area contributed by atoms with Gasteiger partial charge in [0.15, 0.2) is 11.6 Å². The van der Waals surface area contributed by atoms with Gasteiger partial charge in [-0.15, -0.1) is 0 Å².